The molecule has 8 nitrogen and oxygen atoms in total. The molecule has 0 unspecified atom stereocenters. The van der Waals surface area contributed by atoms with Crippen LogP contribution in [0.5, 0.6) is 5.75 Å². The topological polar surface area (TPSA) is 96.0 Å². The SMILES string of the molecule is COc1ccc(S(=O)(=O)N2CCCCCC2)cc1C(=O)Nc1ccccc1C(=O)N1CCCCCC1. The summed E-state index contributed by atoms with van der Waals surface area (Å²) in [7, 11) is -2.31. The van der Waals surface area contributed by atoms with Crippen LogP contribution in [-0.4, -0.2) is 62.7 Å². The second-order valence-corrected chi connectivity index (χ2v) is 11.3. The second kappa shape index (κ2) is 11.9. The molecule has 2 amide bonds. The number of rotatable bonds is 6. The number of hydrogen-bond donors (Lipinski definition) is 1. The number of amides is 2. The lowest BCUT2D eigenvalue weighted by Crippen LogP contribution is -2.32. The Morgan fingerprint density at radius 2 is 1.42 bits per heavy atom. The zero-order chi connectivity index (χ0) is 25.5. The van der Waals surface area contributed by atoms with E-state index in [4.69, 9.17) is 4.74 Å². The number of carbonyl (C=O) groups is 2. The summed E-state index contributed by atoms with van der Waals surface area (Å²) in [6, 6.07) is 11.3. The summed E-state index contributed by atoms with van der Waals surface area (Å²) in [5, 5.41) is 2.83. The van der Waals surface area contributed by atoms with Gasteiger partial charge in [-0.1, -0.05) is 37.8 Å². The Balaban J connectivity index is 1.60. The molecular weight excluding hydrogens is 478 g/mol. The van der Waals surface area contributed by atoms with E-state index in [1.54, 1.807) is 24.3 Å². The molecule has 0 aliphatic carbocycles. The van der Waals surface area contributed by atoms with E-state index in [0.717, 1.165) is 51.4 Å². The molecular formula is C27H35N3O5S. The number of anilines is 1. The maximum absolute atomic E-state index is 13.4. The summed E-state index contributed by atoms with van der Waals surface area (Å²) in [5.41, 5.74) is 0.907. The van der Waals surface area contributed by atoms with Crippen molar-refractivity contribution in [1.82, 2.24) is 9.21 Å². The maximum atomic E-state index is 13.4. The van der Waals surface area contributed by atoms with Gasteiger partial charge in [0.25, 0.3) is 11.8 Å². The molecule has 2 aliphatic heterocycles. The van der Waals surface area contributed by atoms with Gasteiger partial charge in [-0.15, -0.1) is 0 Å². The van der Waals surface area contributed by atoms with Gasteiger partial charge in [0.15, 0.2) is 0 Å². The van der Waals surface area contributed by atoms with E-state index in [2.05, 4.69) is 5.32 Å². The van der Waals surface area contributed by atoms with Crippen LogP contribution in [0.4, 0.5) is 5.69 Å². The standard InChI is InChI=1S/C27H35N3O5S/c1-35-25-15-14-21(36(33,34)30-18-10-4-5-11-19-30)20-23(25)26(31)28-24-13-7-6-12-22(24)27(32)29-16-8-2-3-9-17-29/h6-7,12-15,20H,2-5,8-11,16-19H2,1H3,(H,28,31). The molecule has 0 bridgehead atoms. The third-order valence-corrected chi connectivity index (χ3v) is 8.81. The van der Waals surface area contributed by atoms with Gasteiger partial charge in [-0.05, 0) is 56.0 Å². The van der Waals surface area contributed by atoms with E-state index in [1.807, 2.05) is 4.90 Å². The van der Waals surface area contributed by atoms with Crippen LogP contribution in [0.2, 0.25) is 0 Å². The molecule has 194 valence electrons. The van der Waals surface area contributed by atoms with Gasteiger partial charge < -0.3 is 15.0 Å². The van der Waals surface area contributed by atoms with E-state index < -0.39 is 15.9 Å². The smallest absolute Gasteiger partial charge is 0.259 e. The van der Waals surface area contributed by atoms with Crippen molar-refractivity contribution in [1.29, 1.82) is 0 Å². The lowest BCUT2D eigenvalue weighted by molar-refractivity contribution is 0.0762. The van der Waals surface area contributed by atoms with Crippen molar-refractivity contribution < 1.29 is 22.7 Å². The van der Waals surface area contributed by atoms with Gasteiger partial charge in [0.2, 0.25) is 10.0 Å². The summed E-state index contributed by atoms with van der Waals surface area (Å²) in [6.45, 7) is 2.35. The molecule has 4 rings (SSSR count). The van der Waals surface area contributed by atoms with Crippen molar-refractivity contribution in [2.75, 3.05) is 38.6 Å². The highest BCUT2D eigenvalue weighted by Crippen LogP contribution is 2.28. The number of nitrogens with one attached hydrogen (secondary N) is 1. The Hall–Kier alpha value is -2.91. The van der Waals surface area contributed by atoms with Crippen LogP contribution < -0.4 is 10.1 Å². The maximum Gasteiger partial charge on any atom is 0.259 e. The molecule has 0 spiro atoms. The van der Waals surface area contributed by atoms with Crippen molar-refractivity contribution in [2.24, 2.45) is 0 Å². The molecule has 2 aromatic carbocycles. The fourth-order valence-corrected chi connectivity index (χ4v) is 6.41. The summed E-state index contributed by atoms with van der Waals surface area (Å²) in [4.78, 5) is 28.6. The normalized spacial score (nSPS) is 17.6. The number of hydrogen-bond acceptors (Lipinski definition) is 5. The number of para-hydroxylation sites is 1. The first-order valence-corrected chi connectivity index (χ1v) is 14.2. The van der Waals surface area contributed by atoms with E-state index in [-0.39, 0.29) is 22.1 Å². The van der Waals surface area contributed by atoms with E-state index in [9.17, 15) is 18.0 Å². The quantitative estimate of drug-likeness (QED) is 0.612. The largest absolute Gasteiger partial charge is 0.496 e. The van der Waals surface area contributed by atoms with Gasteiger partial charge >= 0.3 is 0 Å². The van der Waals surface area contributed by atoms with Gasteiger partial charge in [0, 0.05) is 26.2 Å². The Bertz CT molecular complexity index is 1180. The minimum atomic E-state index is -3.74. The Morgan fingerprint density at radius 1 is 0.806 bits per heavy atom. The number of nitrogens with zero attached hydrogens (tertiary/aromatic N) is 2. The molecule has 9 heteroatoms. The summed E-state index contributed by atoms with van der Waals surface area (Å²) >= 11 is 0. The average molecular weight is 514 g/mol. The second-order valence-electron chi connectivity index (χ2n) is 9.39. The van der Waals surface area contributed by atoms with E-state index in [1.165, 1.54) is 29.6 Å². The molecule has 2 aromatic rings. The summed E-state index contributed by atoms with van der Waals surface area (Å²) < 4.78 is 33.5. The van der Waals surface area contributed by atoms with Crippen LogP contribution in [0, 0.1) is 0 Å². The molecule has 1 N–H and O–H groups in total. The number of benzene rings is 2. The molecule has 2 aliphatic rings. The number of sulfonamides is 1. The highest BCUT2D eigenvalue weighted by Gasteiger charge is 2.28. The molecule has 0 aromatic heterocycles. The molecule has 0 radical (unpaired) electrons. The highest BCUT2D eigenvalue weighted by molar-refractivity contribution is 7.89. The van der Waals surface area contributed by atoms with Gasteiger partial charge in [-0.25, -0.2) is 8.42 Å². The van der Waals surface area contributed by atoms with Gasteiger partial charge in [-0.2, -0.15) is 4.31 Å². The van der Waals surface area contributed by atoms with Gasteiger partial charge in [0.05, 0.1) is 28.8 Å². The number of methoxy groups -OCH3 is 1. The summed E-state index contributed by atoms with van der Waals surface area (Å²) in [6.07, 6.45) is 7.83. The summed E-state index contributed by atoms with van der Waals surface area (Å²) in [5.74, 6) is -0.383. The third-order valence-electron chi connectivity index (χ3n) is 6.92. The number of ether oxygens (including phenoxy) is 1. The van der Waals surface area contributed by atoms with Crippen LogP contribution in [0.15, 0.2) is 47.4 Å². The lowest BCUT2D eigenvalue weighted by Gasteiger charge is -2.22. The van der Waals surface area contributed by atoms with Gasteiger partial charge in [-0.3, -0.25) is 9.59 Å². The van der Waals surface area contributed by atoms with Crippen molar-refractivity contribution >= 4 is 27.5 Å². The molecule has 36 heavy (non-hydrogen) atoms. The minimum Gasteiger partial charge on any atom is -0.496 e. The zero-order valence-electron chi connectivity index (χ0n) is 20.9. The van der Waals surface area contributed by atoms with Crippen LogP contribution in [0.1, 0.15) is 72.1 Å². The van der Waals surface area contributed by atoms with Crippen LogP contribution in [-0.2, 0) is 10.0 Å². The monoisotopic (exact) mass is 513 g/mol. The fourth-order valence-electron chi connectivity index (χ4n) is 4.87. The molecule has 2 saturated heterocycles. The van der Waals surface area contributed by atoms with Crippen LogP contribution in [0.25, 0.3) is 0 Å². The molecule has 0 saturated carbocycles. The first-order valence-electron chi connectivity index (χ1n) is 12.8. The van der Waals surface area contributed by atoms with Crippen molar-refractivity contribution in [3.8, 4) is 5.75 Å². The molecule has 2 fully saturated rings. The Morgan fingerprint density at radius 3 is 2.06 bits per heavy atom. The predicted octanol–water partition coefficient (Wildman–Crippen LogP) is 4.53. The van der Waals surface area contributed by atoms with Gasteiger partial charge in [0.1, 0.15) is 5.75 Å². The first-order chi connectivity index (χ1) is 17.4. The predicted molar refractivity (Wildman–Crippen MR) is 139 cm³/mol. The minimum absolute atomic E-state index is 0.0595. The Kier molecular flexibility index (Phi) is 8.64. The third kappa shape index (κ3) is 5.90. The molecule has 2 heterocycles. The van der Waals surface area contributed by atoms with E-state index >= 15 is 0 Å². The fraction of sp³-hybridized carbons (Fsp3) is 0.481. The first kappa shape index (κ1) is 26.2. The highest BCUT2D eigenvalue weighted by atomic mass is 32.2. The van der Waals surface area contributed by atoms with Crippen LogP contribution in [0.3, 0.4) is 0 Å². The molecule has 0 atom stereocenters. The van der Waals surface area contributed by atoms with Crippen molar-refractivity contribution in [3.05, 3.63) is 53.6 Å². The van der Waals surface area contributed by atoms with E-state index in [0.29, 0.717) is 37.4 Å². The van der Waals surface area contributed by atoms with Crippen LogP contribution >= 0.6 is 0 Å². The number of likely N-dealkylation sites (tertiary alicyclic amines) is 1. The zero-order valence-corrected chi connectivity index (χ0v) is 21.7. The lowest BCUT2D eigenvalue weighted by atomic mass is 10.1. The van der Waals surface area contributed by atoms with Crippen molar-refractivity contribution in [2.45, 2.75) is 56.3 Å². The average Bonchev–Trinajstić information content (AvgIpc) is 3.34. The Labute approximate surface area is 213 Å². The van der Waals surface area contributed by atoms with Crippen molar-refractivity contribution in [3.63, 3.8) is 0 Å². The number of carbonyl (C=O) groups excluding carboxylic acids is 2.